The van der Waals surface area contributed by atoms with E-state index in [1.54, 1.807) is 6.07 Å². The van der Waals surface area contributed by atoms with Gasteiger partial charge < -0.3 is 9.84 Å². The molecule has 0 aliphatic heterocycles. The third-order valence-corrected chi connectivity index (χ3v) is 1.80. The molecule has 0 fully saturated rings. The van der Waals surface area contributed by atoms with Gasteiger partial charge >= 0.3 is 5.97 Å². The topological polar surface area (TPSA) is 59.4 Å². The molecule has 0 bridgehead atoms. The fraction of sp³-hybridized carbons (Fsp3) is 0.250. The van der Waals surface area contributed by atoms with Gasteiger partial charge in [0.25, 0.3) is 0 Å². The van der Waals surface area contributed by atoms with Crippen LogP contribution in [0.15, 0.2) is 12.3 Å². The van der Waals surface area contributed by atoms with E-state index in [1.165, 1.54) is 13.3 Å². The van der Waals surface area contributed by atoms with Crippen molar-refractivity contribution in [3.63, 3.8) is 0 Å². The fourth-order valence-corrected chi connectivity index (χ4v) is 1.04. The highest BCUT2D eigenvalue weighted by molar-refractivity contribution is 6.30. The zero-order valence-corrected chi connectivity index (χ0v) is 7.71. The van der Waals surface area contributed by atoms with Gasteiger partial charge in [-0.25, -0.2) is 4.98 Å². The van der Waals surface area contributed by atoms with E-state index in [1.807, 2.05) is 0 Å². The molecule has 0 aromatic carbocycles. The second kappa shape index (κ2) is 4.09. The lowest BCUT2D eigenvalue weighted by atomic mass is 10.2. The minimum Gasteiger partial charge on any atom is -0.495 e. The van der Waals surface area contributed by atoms with Gasteiger partial charge in [0.15, 0.2) is 0 Å². The van der Waals surface area contributed by atoms with Crippen LogP contribution in [0.5, 0.6) is 5.75 Å². The first kappa shape index (κ1) is 9.80. The zero-order valence-electron chi connectivity index (χ0n) is 6.95. The lowest BCUT2D eigenvalue weighted by Gasteiger charge is -2.03. The van der Waals surface area contributed by atoms with Crippen LogP contribution >= 0.6 is 11.6 Å². The van der Waals surface area contributed by atoms with E-state index >= 15 is 0 Å². The standard InChI is InChI=1S/C8H8ClNO3/c1-13-6-2-5(3-7(11)12)8(9)10-4-6/h2,4H,3H2,1H3,(H,11,12). The van der Waals surface area contributed by atoms with Crippen LogP contribution in [0.4, 0.5) is 0 Å². The summed E-state index contributed by atoms with van der Waals surface area (Å²) in [6, 6.07) is 1.56. The molecule has 0 aliphatic carbocycles. The number of carboxylic acid groups (broad SMARTS) is 1. The van der Waals surface area contributed by atoms with Crippen molar-refractivity contribution >= 4 is 17.6 Å². The molecule has 5 heteroatoms. The maximum atomic E-state index is 10.4. The summed E-state index contributed by atoms with van der Waals surface area (Å²) in [5.74, 6) is -0.447. The number of hydrogen-bond donors (Lipinski definition) is 1. The van der Waals surface area contributed by atoms with E-state index < -0.39 is 5.97 Å². The average Bonchev–Trinajstić information content (AvgIpc) is 2.08. The largest absolute Gasteiger partial charge is 0.495 e. The van der Waals surface area contributed by atoms with Gasteiger partial charge in [0.2, 0.25) is 0 Å². The Morgan fingerprint density at radius 1 is 1.77 bits per heavy atom. The summed E-state index contributed by atoms with van der Waals surface area (Å²) in [6.07, 6.45) is 1.29. The number of carbonyl (C=O) groups is 1. The number of rotatable bonds is 3. The molecule has 0 amide bonds. The molecule has 1 rings (SSSR count). The molecule has 0 saturated carbocycles. The van der Waals surface area contributed by atoms with Crippen molar-refractivity contribution in [2.45, 2.75) is 6.42 Å². The molecule has 70 valence electrons. The second-order valence-electron chi connectivity index (χ2n) is 2.40. The Morgan fingerprint density at radius 2 is 2.46 bits per heavy atom. The third kappa shape index (κ3) is 2.59. The van der Waals surface area contributed by atoms with Crippen molar-refractivity contribution in [3.05, 3.63) is 23.0 Å². The molecule has 13 heavy (non-hydrogen) atoms. The second-order valence-corrected chi connectivity index (χ2v) is 2.75. The van der Waals surface area contributed by atoms with E-state index in [2.05, 4.69) is 4.98 Å². The molecule has 0 unspecified atom stereocenters. The van der Waals surface area contributed by atoms with E-state index in [4.69, 9.17) is 21.4 Å². The average molecular weight is 202 g/mol. The zero-order chi connectivity index (χ0) is 9.84. The van der Waals surface area contributed by atoms with Gasteiger partial charge in [-0.1, -0.05) is 11.6 Å². The van der Waals surface area contributed by atoms with Gasteiger partial charge in [-0.2, -0.15) is 0 Å². The predicted molar refractivity (Wildman–Crippen MR) is 47.1 cm³/mol. The molecular formula is C8H8ClNO3. The maximum Gasteiger partial charge on any atom is 0.307 e. The van der Waals surface area contributed by atoms with E-state index in [0.717, 1.165) is 0 Å². The number of hydrogen-bond acceptors (Lipinski definition) is 3. The summed E-state index contributed by atoms with van der Waals surface area (Å²) in [4.78, 5) is 14.2. The Bertz CT molecular complexity index is 327. The van der Waals surface area contributed by atoms with E-state index in [9.17, 15) is 4.79 Å². The van der Waals surface area contributed by atoms with Crippen molar-refractivity contribution in [2.24, 2.45) is 0 Å². The summed E-state index contributed by atoms with van der Waals surface area (Å²) >= 11 is 5.67. The fourth-order valence-electron chi connectivity index (χ4n) is 0.870. The number of ether oxygens (including phenoxy) is 1. The normalized spacial score (nSPS) is 9.69. The molecule has 1 heterocycles. The summed E-state index contributed by atoms with van der Waals surface area (Å²) in [7, 11) is 1.48. The molecule has 1 aromatic heterocycles. The summed E-state index contributed by atoms with van der Waals surface area (Å²) in [5.41, 5.74) is 0.452. The number of pyridine rings is 1. The van der Waals surface area contributed by atoms with E-state index in [0.29, 0.717) is 11.3 Å². The number of methoxy groups -OCH3 is 1. The molecular weight excluding hydrogens is 194 g/mol. The van der Waals surface area contributed by atoms with Crippen molar-refractivity contribution < 1.29 is 14.6 Å². The van der Waals surface area contributed by atoms with Crippen molar-refractivity contribution in [3.8, 4) is 5.75 Å². The molecule has 0 spiro atoms. The van der Waals surface area contributed by atoms with Gasteiger partial charge in [-0.3, -0.25) is 4.79 Å². The van der Waals surface area contributed by atoms with Crippen molar-refractivity contribution in [1.82, 2.24) is 4.98 Å². The Balaban J connectivity index is 2.96. The minimum absolute atomic E-state index is 0.150. The van der Waals surface area contributed by atoms with Crippen LogP contribution in [0.25, 0.3) is 0 Å². The molecule has 1 aromatic rings. The van der Waals surface area contributed by atoms with Crippen LogP contribution in [0.1, 0.15) is 5.56 Å². The Hall–Kier alpha value is -1.29. The molecule has 0 radical (unpaired) electrons. The maximum absolute atomic E-state index is 10.4. The Morgan fingerprint density at radius 3 is 3.00 bits per heavy atom. The summed E-state index contributed by atoms with van der Waals surface area (Å²) < 4.78 is 4.88. The van der Waals surface area contributed by atoms with Crippen LogP contribution in [0.2, 0.25) is 5.15 Å². The molecule has 1 N–H and O–H groups in total. The lowest BCUT2D eigenvalue weighted by molar-refractivity contribution is -0.136. The molecule has 0 atom stereocenters. The first-order valence-electron chi connectivity index (χ1n) is 3.53. The highest BCUT2D eigenvalue weighted by atomic mass is 35.5. The monoisotopic (exact) mass is 201 g/mol. The van der Waals surface area contributed by atoms with Crippen LogP contribution in [-0.4, -0.2) is 23.2 Å². The smallest absolute Gasteiger partial charge is 0.307 e. The summed E-state index contributed by atoms with van der Waals surface area (Å²) in [5, 5.41) is 8.73. The van der Waals surface area contributed by atoms with Crippen molar-refractivity contribution in [2.75, 3.05) is 7.11 Å². The number of aliphatic carboxylic acids is 1. The Labute approximate surface area is 80.1 Å². The predicted octanol–water partition coefficient (Wildman–Crippen LogP) is 1.37. The number of carboxylic acids is 1. The summed E-state index contributed by atoms with van der Waals surface area (Å²) in [6.45, 7) is 0. The van der Waals surface area contributed by atoms with Crippen LogP contribution in [0, 0.1) is 0 Å². The number of halogens is 1. The first-order chi connectivity index (χ1) is 6.13. The van der Waals surface area contributed by atoms with Crippen LogP contribution < -0.4 is 4.74 Å². The number of aromatic nitrogens is 1. The number of nitrogens with zero attached hydrogens (tertiary/aromatic N) is 1. The minimum atomic E-state index is -0.947. The van der Waals surface area contributed by atoms with Crippen LogP contribution in [-0.2, 0) is 11.2 Å². The van der Waals surface area contributed by atoms with Gasteiger partial charge in [-0.05, 0) is 6.07 Å². The van der Waals surface area contributed by atoms with Gasteiger partial charge in [0, 0.05) is 5.56 Å². The SMILES string of the molecule is COc1cnc(Cl)c(CC(=O)O)c1. The highest BCUT2D eigenvalue weighted by Crippen LogP contribution is 2.19. The third-order valence-electron chi connectivity index (χ3n) is 1.46. The Kier molecular flexibility index (Phi) is 3.08. The quantitative estimate of drug-likeness (QED) is 0.751. The lowest BCUT2D eigenvalue weighted by Crippen LogP contribution is -2.02. The van der Waals surface area contributed by atoms with Gasteiger partial charge in [0.1, 0.15) is 10.9 Å². The van der Waals surface area contributed by atoms with Crippen LogP contribution in [0.3, 0.4) is 0 Å². The molecule has 0 aliphatic rings. The highest BCUT2D eigenvalue weighted by Gasteiger charge is 2.07. The van der Waals surface area contributed by atoms with E-state index in [-0.39, 0.29) is 11.6 Å². The molecule has 0 saturated heterocycles. The first-order valence-corrected chi connectivity index (χ1v) is 3.91. The molecule has 4 nitrogen and oxygen atoms in total. The van der Waals surface area contributed by atoms with Crippen molar-refractivity contribution in [1.29, 1.82) is 0 Å². The van der Waals surface area contributed by atoms with Gasteiger partial charge in [-0.15, -0.1) is 0 Å². The van der Waals surface area contributed by atoms with Gasteiger partial charge in [0.05, 0.1) is 19.7 Å².